The van der Waals surface area contributed by atoms with Crippen LogP contribution in [0, 0.1) is 6.92 Å². The predicted octanol–water partition coefficient (Wildman–Crippen LogP) is 3.42. The van der Waals surface area contributed by atoms with Crippen molar-refractivity contribution in [3.63, 3.8) is 0 Å². The van der Waals surface area contributed by atoms with Crippen LogP contribution in [0.1, 0.15) is 34.0 Å². The summed E-state index contributed by atoms with van der Waals surface area (Å²) in [4.78, 5) is 34.9. The summed E-state index contributed by atoms with van der Waals surface area (Å²) >= 11 is 1.66. The van der Waals surface area contributed by atoms with E-state index in [9.17, 15) is 14.7 Å². The number of aromatic nitrogens is 1. The van der Waals surface area contributed by atoms with Gasteiger partial charge in [-0.3, -0.25) is 14.5 Å². The van der Waals surface area contributed by atoms with Gasteiger partial charge < -0.3 is 15.3 Å². The van der Waals surface area contributed by atoms with Crippen LogP contribution in [0.3, 0.4) is 0 Å². The number of fused-ring (bicyclic) bond motifs is 1. The molecule has 0 spiro atoms. The molecule has 0 saturated carbocycles. The van der Waals surface area contributed by atoms with Gasteiger partial charge in [0, 0.05) is 49.0 Å². The molecule has 2 aromatic carbocycles. The Morgan fingerprint density at radius 3 is 2.91 bits per heavy atom. The largest absolute Gasteiger partial charge is 0.392 e. The number of likely N-dealkylation sites (tertiary alicyclic amines) is 1. The maximum absolute atomic E-state index is 13.4. The molecule has 2 aliphatic heterocycles. The Bertz CT molecular complexity index is 1260. The summed E-state index contributed by atoms with van der Waals surface area (Å²) in [6, 6.07) is 13.9. The molecule has 1 aromatic heterocycles. The monoisotopic (exact) mass is 490 g/mol. The summed E-state index contributed by atoms with van der Waals surface area (Å²) in [6.45, 7) is 4.13. The maximum atomic E-state index is 13.4. The highest BCUT2D eigenvalue weighted by Crippen LogP contribution is 2.31. The molecule has 2 amide bonds. The third kappa shape index (κ3) is 5.29. The number of nitrogens with one attached hydrogen (secondary N) is 1. The van der Waals surface area contributed by atoms with Crippen molar-refractivity contribution in [2.75, 3.05) is 32.0 Å². The van der Waals surface area contributed by atoms with Crippen molar-refractivity contribution >= 4 is 28.8 Å². The van der Waals surface area contributed by atoms with Gasteiger partial charge in [0.05, 0.1) is 25.0 Å². The van der Waals surface area contributed by atoms with Gasteiger partial charge in [-0.05, 0) is 42.2 Å². The Hall–Kier alpha value is -3.07. The van der Waals surface area contributed by atoms with Crippen LogP contribution in [0.4, 0.5) is 5.69 Å². The molecule has 1 unspecified atom stereocenters. The molecule has 3 aromatic rings. The number of anilines is 1. The molecular formula is C27H30N4O3S. The Morgan fingerprint density at radius 1 is 1.31 bits per heavy atom. The quantitative estimate of drug-likeness (QED) is 0.530. The molecule has 0 bridgehead atoms. The minimum atomic E-state index is -0.317. The van der Waals surface area contributed by atoms with Crippen molar-refractivity contribution < 1.29 is 14.7 Å². The fourth-order valence-electron chi connectivity index (χ4n) is 4.89. The lowest BCUT2D eigenvalue weighted by molar-refractivity contribution is -0.131. The van der Waals surface area contributed by atoms with Gasteiger partial charge in [-0.1, -0.05) is 30.3 Å². The van der Waals surface area contributed by atoms with Crippen LogP contribution in [-0.4, -0.2) is 64.5 Å². The van der Waals surface area contributed by atoms with E-state index in [0.717, 1.165) is 50.8 Å². The highest BCUT2D eigenvalue weighted by atomic mass is 32.1. The van der Waals surface area contributed by atoms with Gasteiger partial charge in [0.1, 0.15) is 5.01 Å². The topological polar surface area (TPSA) is 85.8 Å². The number of β-amino-alcohol motifs (C(OH)–C–C–N with tert-alkyl or cyclic N) is 1. The SMILES string of the molecule is Cc1cnc(-c2cccc([C@@H](CN3CCC(O)C3)N(C)C(=O)Cc3ccc4c(c3)NC(=O)C4)c2)s1. The lowest BCUT2D eigenvalue weighted by Gasteiger charge is -2.32. The first-order chi connectivity index (χ1) is 16.9. The molecule has 2 aliphatic rings. The van der Waals surface area contributed by atoms with Crippen LogP contribution in [0.2, 0.25) is 0 Å². The van der Waals surface area contributed by atoms with E-state index in [4.69, 9.17) is 0 Å². The van der Waals surface area contributed by atoms with E-state index in [0.29, 0.717) is 19.5 Å². The minimum Gasteiger partial charge on any atom is -0.392 e. The second kappa shape index (κ2) is 9.89. The Morgan fingerprint density at radius 2 is 2.17 bits per heavy atom. The molecule has 0 aliphatic carbocycles. The van der Waals surface area contributed by atoms with E-state index in [-0.39, 0.29) is 30.4 Å². The van der Waals surface area contributed by atoms with Gasteiger partial charge >= 0.3 is 0 Å². The average Bonchev–Trinajstić information content (AvgIpc) is 3.56. The third-order valence-corrected chi connectivity index (χ3v) is 7.80. The second-order valence-electron chi connectivity index (χ2n) is 9.52. The summed E-state index contributed by atoms with van der Waals surface area (Å²) in [6.07, 6.45) is 2.96. The zero-order valence-electron chi connectivity index (χ0n) is 20.0. The molecule has 1 fully saturated rings. The standard InChI is InChI=1S/C27H30N4O3S/c1-17-14-28-27(35-17)21-5-3-4-20(12-21)24(16-31-9-8-22(32)15-31)30(2)26(34)11-18-6-7-19-13-25(33)29-23(19)10-18/h3-7,10,12,14,22,24,32H,8-9,11,13,15-16H2,1-2H3,(H,29,33)/t22?,24-/m1/s1. The number of hydrogen-bond acceptors (Lipinski definition) is 6. The van der Waals surface area contributed by atoms with E-state index in [1.165, 1.54) is 0 Å². The number of aryl methyl sites for hydroxylation is 1. The molecule has 2 atom stereocenters. The first-order valence-corrected chi connectivity index (χ1v) is 12.8. The van der Waals surface area contributed by atoms with Crippen LogP contribution in [0.15, 0.2) is 48.7 Å². The summed E-state index contributed by atoms with van der Waals surface area (Å²) in [5, 5.41) is 13.9. The van der Waals surface area contributed by atoms with Crippen LogP contribution in [-0.2, 0) is 22.4 Å². The molecular weight excluding hydrogens is 460 g/mol. The first-order valence-electron chi connectivity index (χ1n) is 12.0. The molecule has 0 radical (unpaired) electrons. The van der Waals surface area contributed by atoms with Crippen LogP contribution < -0.4 is 5.32 Å². The van der Waals surface area contributed by atoms with Gasteiger partial charge in [0.2, 0.25) is 11.8 Å². The summed E-state index contributed by atoms with van der Waals surface area (Å²) < 4.78 is 0. The van der Waals surface area contributed by atoms with Crippen LogP contribution in [0.25, 0.3) is 10.6 Å². The van der Waals surface area contributed by atoms with E-state index < -0.39 is 0 Å². The van der Waals surface area contributed by atoms with Gasteiger partial charge in [0.15, 0.2) is 0 Å². The maximum Gasteiger partial charge on any atom is 0.228 e. The van der Waals surface area contributed by atoms with Gasteiger partial charge in [-0.15, -0.1) is 11.3 Å². The average molecular weight is 491 g/mol. The van der Waals surface area contributed by atoms with Gasteiger partial charge in [0.25, 0.3) is 0 Å². The number of carbonyl (C=O) groups excluding carboxylic acids is 2. The summed E-state index contributed by atoms with van der Waals surface area (Å²) in [5.74, 6) is -0.00159. The van der Waals surface area contributed by atoms with Crippen molar-refractivity contribution in [1.29, 1.82) is 0 Å². The number of amides is 2. The number of thiazole rings is 1. The molecule has 2 N–H and O–H groups in total. The number of rotatable bonds is 7. The van der Waals surface area contributed by atoms with E-state index in [2.05, 4.69) is 33.4 Å². The molecule has 8 heteroatoms. The molecule has 5 rings (SSSR count). The third-order valence-electron chi connectivity index (χ3n) is 6.83. The van der Waals surface area contributed by atoms with E-state index in [1.54, 1.807) is 11.3 Å². The van der Waals surface area contributed by atoms with E-state index >= 15 is 0 Å². The molecule has 7 nitrogen and oxygen atoms in total. The predicted molar refractivity (Wildman–Crippen MR) is 137 cm³/mol. The Labute approximate surface area is 209 Å². The molecule has 35 heavy (non-hydrogen) atoms. The smallest absolute Gasteiger partial charge is 0.228 e. The number of carbonyl (C=O) groups is 2. The van der Waals surface area contributed by atoms with E-state index in [1.807, 2.05) is 49.3 Å². The normalized spacial score (nSPS) is 18.4. The molecule has 182 valence electrons. The molecule has 1 saturated heterocycles. The Balaban J connectivity index is 1.39. The number of aliphatic hydroxyl groups excluding tert-OH is 1. The summed E-state index contributed by atoms with van der Waals surface area (Å²) in [7, 11) is 1.86. The van der Waals surface area contributed by atoms with Crippen molar-refractivity contribution in [2.24, 2.45) is 0 Å². The highest BCUT2D eigenvalue weighted by Gasteiger charge is 2.29. The lowest BCUT2D eigenvalue weighted by Crippen LogP contribution is -2.39. The van der Waals surface area contributed by atoms with Crippen LogP contribution in [0.5, 0.6) is 0 Å². The zero-order chi connectivity index (χ0) is 24.5. The minimum absolute atomic E-state index is 0.00881. The summed E-state index contributed by atoms with van der Waals surface area (Å²) in [5.41, 5.74) is 4.75. The van der Waals surface area contributed by atoms with Gasteiger partial charge in [-0.2, -0.15) is 0 Å². The molecule has 3 heterocycles. The fourth-order valence-corrected chi connectivity index (χ4v) is 5.65. The van der Waals surface area contributed by atoms with Crippen LogP contribution >= 0.6 is 11.3 Å². The number of hydrogen-bond donors (Lipinski definition) is 2. The highest BCUT2D eigenvalue weighted by molar-refractivity contribution is 7.14. The Kier molecular flexibility index (Phi) is 6.69. The van der Waals surface area contributed by atoms with Crippen molar-refractivity contribution in [3.8, 4) is 10.6 Å². The fraction of sp³-hybridized carbons (Fsp3) is 0.370. The van der Waals surface area contributed by atoms with Gasteiger partial charge in [-0.25, -0.2) is 4.98 Å². The number of likely N-dealkylation sites (N-methyl/N-ethyl adjacent to an activating group) is 1. The lowest BCUT2D eigenvalue weighted by atomic mass is 10.0. The van der Waals surface area contributed by atoms with Crippen molar-refractivity contribution in [3.05, 3.63) is 70.2 Å². The first kappa shape index (κ1) is 23.7. The zero-order valence-corrected chi connectivity index (χ0v) is 20.8. The van der Waals surface area contributed by atoms with Crippen molar-refractivity contribution in [2.45, 2.75) is 38.3 Å². The second-order valence-corrected chi connectivity index (χ2v) is 10.8. The number of benzene rings is 2. The van der Waals surface area contributed by atoms with Crippen molar-refractivity contribution in [1.82, 2.24) is 14.8 Å². The number of aliphatic hydroxyl groups is 1. The number of nitrogens with zero attached hydrogens (tertiary/aromatic N) is 3.